The number of para-hydroxylation sites is 2. The van der Waals surface area contributed by atoms with Crippen molar-refractivity contribution in [3.63, 3.8) is 0 Å². The highest BCUT2D eigenvalue weighted by molar-refractivity contribution is 5.75. The van der Waals surface area contributed by atoms with E-state index in [-0.39, 0.29) is 13.2 Å². The van der Waals surface area contributed by atoms with Crippen LogP contribution in [0.5, 0.6) is 0 Å². The average molecular weight is 249 g/mol. The number of aryl methyl sites for hydroxylation is 1. The van der Waals surface area contributed by atoms with E-state index in [1.807, 2.05) is 36.2 Å². The van der Waals surface area contributed by atoms with Crippen molar-refractivity contribution in [2.24, 2.45) is 7.05 Å². The molecule has 0 spiro atoms. The van der Waals surface area contributed by atoms with E-state index in [0.29, 0.717) is 19.6 Å². The van der Waals surface area contributed by atoms with Crippen LogP contribution in [0.25, 0.3) is 11.0 Å². The van der Waals surface area contributed by atoms with Crippen LogP contribution < -0.4 is 0 Å². The predicted octanol–water partition coefficient (Wildman–Crippen LogP) is 0.360. The molecule has 0 aliphatic heterocycles. The molecule has 98 valence electrons. The number of hydrogen-bond donors (Lipinski definition) is 2. The lowest BCUT2D eigenvalue weighted by atomic mass is 10.3. The van der Waals surface area contributed by atoms with E-state index in [2.05, 4.69) is 9.55 Å². The van der Waals surface area contributed by atoms with Gasteiger partial charge in [0.25, 0.3) is 0 Å². The van der Waals surface area contributed by atoms with Gasteiger partial charge in [-0.1, -0.05) is 12.1 Å². The summed E-state index contributed by atoms with van der Waals surface area (Å²) in [6.07, 6.45) is 0. The molecule has 1 aromatic heterocycles. The number of hydrogen-bond acceptors (Lipinski definition) is 4. The SMILES string of the molecule is Cn1c(CN(CCO)CCO)nc2ccccc21. The molecule has 0 aliphatic carbocycles. The maximum Gasteiger partial charge on any atom is 0.123 e. The highest BCUT2D eigenvalue weighted by Crippen LogP contribution is 2.15. The van der Waals surface area contributed by atoms with Crippen LogP contribution in [0.1, 0.15) is 5.82 Å². The summed E-state index contributed by atoms with van der Waals surface area (Å²) >= 11 is 0. The zero-order valence-electron chi connectivity index (χ0n) is 10.6. The van der Waals surface area contributed by atoms with Gasteiger partial charge in [-0.15, -0.1) is 0 Å². The molecule has 0 saturated carbocycles. The minimum absolute atomic E-state index is 0.0872. The molecule has 0 amide bonds. The molecular weight excluding hydrogens is 230 g/mol. The third-order valence-corrected chi connectivity index (χ3v) is 3.08. The van der Waals surface area contributed by atoms with Crippen molar-refractivity contribution in [1.29, 1.82) is 0 Å². The van der Waals surface area contributed by atoms with Gasteiger partial charge in [-0.3, -0.25) is 4.90 Å². The summed E-state index contributed by atoms with van der Waals surface area (Å²) in [7, 11) is 1.99. The predicted molar refractivity (Wildman–Crippen MR) is 70.2 cm³/mol. The number of aromatic nitrogens is 2. The van der Waals surface area contributed by atoms with Crippen molar-refractivity contribution in [3.8, 4) is 0 Å². The molecule has 0 unspecified atom stereocenters. The molecule has 5 nitrogen and oxygen atoms in total. The number of fused-ring (bicyclic) bond motifs is 1. The second kappa shape index (κ2) is 5.95. The first kappa shape index (κ1) is 13.0. The molecule has 1 aromatic carbocycles. The minimum atomic E-state index is 0.0872. The van der Waals surface area contributed by atoms with Gasteiger partial charge in [-0.25, -0.2) is 4.98 Å². The molecule has 5 heteroatoms. The zero-order valence-corrected chi connectivity index (χ0v) is 10.6. The van der Waals surface area contributed by atoms with Gasteiger partial charge in [-0.2, -0.15) is 0 Å². The molecule has 0 atom stereocenters. The van der Waals surface area contributed by atoms with Crippen molar-refractivity contribution < 1.29 is 10.2 Å². The minimum Gasteiger partial charge on any atom is -0.395 e. The third kappa shape index (κ3) is 2.69. The van der Waals surface area contributed by atoms with Crippen LogP contribution >= 0.6 is 0 Å². The summed E-state index contributed by atoms with van der Waals surface area (Å²) in [5.74, 6) is 0.943. The highest BCUT2D eigenvalue weighted by Gasteiger charge is 2.11. The second-order valence-electron chi connectivity index (χ2n) is 4.30. The summed E-state index contributed by atoms with van der Waals surface area (Å²) in [4.78, 5) is 6.56. The van der Waals surface area contributed by atoms with Gasteiger partial charge in [-0.05, 0) is 12.1 Å². The Hall–Kier alpha value is -1.43. The lowest BCUT2D eigenvalue weighted by Gasteiger charge is -2.19. The molecule has 1 heterocycles. The molecular formula is C13H19N3O2. The lowest BCUT2D eigenvalue weighted by Crippen LogP contribution is -2.30. The molecule has 2 rings (SSSR count). The Kier molecular flexibility index (Phi) is 4.30. The van der Waals surface area contributed by atoms with E-state index >= 15 is 0 Å². The maximum atomic E-state index is 9.00. The summed E-state index contributed by atoms with van der Waals surface area (Å²) < 4.78 is 2.05. The van der Waals surface area contributed by atoms with Crippen LogP contribution in [0, 0.1) is 0 Å². The van der Waals surface area contributed by atoms with Gasteiger partial charge in [0.1, 0.15) is 5.82 Å². The molecule has 0 radical (unpaired) electrons. The molecule has 0 fully saturated rings. The topological polar surface area (TPSA) is 61.5 Å². The molecule has 0 aliphatic rings. The molecule has 2 aromatic rings. The summed E-state index contributed by atoms with van der Waals surface area (Å²) in [6.45, 7) is 1.90. The standard InChI is InChI=1S/C13H19N3O2/c1-15-12-5-3-2-4-11(12)14-13(15)10-16(6-8-17)7-9-18/h2-5,17-18H,6-10H2,1H3. The summed E-state index contributed by atoms with van der Waals surface area (Å²) in [5.41, 5.74) is 2.07. The van der Waals surface area contributed by atoms with Gasteiger partial charge in [0.2, 0.25) is 0 Å². The monoisotopic (exact) mass is 249 g/mol. The van der Waals surface area contributed by atoms with E-state index in [0.717, 1.165) is 16.9 Å². The van der Waals surface area contributed by atoms with E-state index < -0.39 is 0 Å². The molecule has 0 saturated heterocycles. The van der Waals surface area contributed by atoms with Crippen LogP contribution in [-0.2, 0) is 13.6 Å². The van der Waals surface area contributed by atoms with Crippen molar-refractivity contribution in [1.82, 2.24) is 14.5 Å². The second-order valence-corrected chi connectivity index (χ2v) is 4.30. The van der Waals surface area contributed by atoms with Crippen LogP contribution in [0.3, 0.4) is 0 Å². The number of benzene rings is 1. The smallest absolute Gasteiger partial charge is 0.123 e. The normalized spacial score (nSPS) is 11.6. The summed E-state index contributed by atoms with van der Waals surface area (Å²) in [6, 6.07) is 7.99. The van der Waals surface area contributed by atoms with Crippen LogP contribution in [0.2, 0.25) is 0 Å². The number of imidazole rings is 1. The van der Waals surface area contributed by atoms with Gasteiger partial charge in [0.15, 0.2) is 0 Å². The van der Waals surface area contributed by atoms with Crippen LogP contribution in [0.15, 0.2) is 24.3 Å². The van der Waals surface area contributed by atoms with Crippen LogP contribution in [-0.4, -0.2) is 51.0 Å². The van der Waals surface area contributed by atoms with E-state index in [4.69, 9.17) is 10.2 Å². The van der Waals surface area contributed by atoms with Gasteiger partial charge in [0.05, 0.1) is 30.8 Å². The summed E-state index contributed by atoms with van der Waals surface area (Å²) in [5, 5.41) is 18.0. The largest absolute Gasteiger partial charge is 0.395 e. The first-order chi connectivity index (χ1) is 8.76. The number of nitrogens with zero attached hydrogens (tertiary/aromatic N) is 3. The number of aliphatic hydroxyl groups is 2. The highest BCUT2D eigenvalue weighted by atomic mass is 16.3. The number of rotatable bonds is 6. The van der Waals surface area contributed by atoms with E-state index in [1.54, 1.807) is 0 Å². The van der Waals surface area contributed by atoms with Gasteiger partial charge < -0.3 is 14.8 Å². The average Bonchev–Trinajstić information content (AvgIpc) is 2.68. The lowest BCUT2D eigenvalue weighted by molar-refractivity contribution is 0.152. The Morgan fingerprint density at radius 3 is 2.44 bits per heavy atom. The number of aliphatic hydroxyl groups excluding tert-OH is 2. The first-order valence-corrected chi connectivity index (χ1v) is 6.10. The fourth-order valence-electron chi connectivity index (χ4n) is 2.09. The van der Waals surface area contributed by atoms with Gasteiger partial charge in [0, 0.05) is 20.1 Å². The Balaban J connectivity index is 2.22. The molecule has 2 N–H and O–H groups in total. The Bertz CT molecular complexity index is 504. The van der Waals surface area contributed by atoms with Gasteiger partial charge >= 0.3 is 0 Å². The van der Waals surface area contributed by atoms with Crippen molar-refractivity contribution >= 4 is 11.0 Å². The maximum absolute atomic E-state index is 9.00. The molecule has 18 heavy (non-hydrogen) atoms. The van der Waals surface area contributed by atoms with Crippen molar-refractivity contribution in [2.75, 3.05) is 26.3 Å². The fraction of sp³-hybridized carbons (Fsp3) is 0.462. The zero-order chi connectivity index (χ0) is 13.0. The van der Waals surface area contributed by atoms with Crippen molar-refractivity contribution in [2.45, 2.75) is 6.54 Å². The van der Waals surface area contributed by atoms with E-state index in [1.165, 1.54) is 0 Å². The first-order valence-electron chi connectivity index (χ1n) is 6.10. The third-order valence-electron chi connectivity index (χ3n) is 3.08. The Morgan fingerprint density at radius 2 is 1.83 bits per heavy atom. The Morgan fingerprint density at radius 1 is 1.17 bits per heavy atom. The fourth-order valence-corrected chi connectivity index (χ4v) is 2.09. The Labute approximate surface area is 106 Å². The quantitative estimate of drug-likeness (QED) is 0.776. The van der Waals surface area contributed by atoms with Crippen LogP contribution in [0.4, 0.5) is 0 Å². The van der Waals surface area contributed by atoms with Crippen molar-refractivity contribution in [3.05, 3.63) is 30.1 Å². The molecule has 0 bridgehead atoms. The van der Waals surface area contributed by atoms with E-state index in [9.17, 15) is 0 Å².